The van der Waals surface area contributed by atoms with E-state index in [0.717, 1.165) is 11.3 Å². The third kappa shape index (κ3) is 6.25. The van der Waals surface area contributed by atoms with Crippen molar-refractivity contribution in [3.8, 4) is 5.75 Å². The van der Waals surface area contributed by atoms with Crippen molar-refractivity contribution in [1.29, 1.82) is 0 Å². The molecule has 0 aliphatic rings. The molecule has 0 aromatic heterocycles. The maximum Gasteiger partial charge on any atom is 0.234 e. The van der Waals surface area contributed by atoms with E-state index in [1.54, 1.807) is 7.11 Å². The average Bonchev–Trinajstić information content (AvgIpc) is 2.39. The standard InChI is InChI=1S/C11H16N2O2.C3H8/c1-8(13-11(14)7-12)9-3-5-10(15-2)6-4-9;1-3-2/h3-6,8H,7,12H2,1-2H3,(H,13,14);3H2,1-2H3. The van der Waals surface area contributed by atoms with Crippen molar-refractivity contribution < 1.29 is 9.53 Å². The van der Waals surface area contributed by atoms with Crippen LogP contribution in [-0.4, -0.2) is 19.6 Å². The summed E-state index contributed by atoms with van der Waals surface area (Å²) in [6.45, 7) is 6.18. The molecule has 4 heteroatoms. The van der Waals surface area contributed by atoms with E-state index in [1.807, 2.05) is 31.2 Å². The topological polar surface area (TPSA) is 64.3 Å². The summed E-state index contributed by atoms with van der Waals surface area (Å²) in [6, 6.07) is 7.52. The van der Waals surface area contributed by atoms with Crippen molar-refractivity contribution in [3.63, 3.8) is 0 Å². The molecule has 1 aromatic rings. The van der Waals surface area contributed by atoms with E-state index in [0.29, 0.717) is 0 Å². The molecule has 0 aliphatic heterocycles. The van der Waals surface area contributed by atoms with Crippen LogP contribution < -0.4 is 15.8 Å². The molecule has 1 aromatic carbocycles. The molecular formula is C14H24N2O2. The Morgan fingerprint density at radius 1 is 1.33 bits per heavy atom. The van der Waals surface area contributed by atoms with Gasteiger partial charge in [0.15, 0.2) is 0 Å². The lowest BCUT2D eigenvalue weighted by Gasteiger charge is -2.13. The smallest absolute Gasteiger partial charge is 0.234 e. The molecule has 3 N–H and O–H groups in total. The van der Waals surface area contributed by atoms with E-state index in [2.05, 4.69) is 19.2 Å². The predicted octanol–water partition coefficient (Wildman–Crippen LogP) is 2.25. The zero-order valence-corrected chi connectivity index (χ0v) is 11.7. The van der Waals surface area contributed by atoms with Crippen molar-refractivity contribution in [2.75, 3.05) is 13.7 Å². The van der Waals surface area contributed by atoms with E-state index in [4.69, 9.17) is 10.5 Å². The fourth-order valence-electron chi connectivity index (χ4n) is 1.28. The molecule has 1 unspecified atom stereocenters. The Morgan fingerprint density at radius 2 is 1.83 bits per heavy atom. The van der Waals surface area contributed by atoms with Gasteiger partial charge in [0, 0.05) is 0 Å². The third-order valence-electron chi connectivity index (χ3n) is 2.18. The minimum Gasteiger partial charge on any atom is -0.497 e. The van der Waals surface area contributed by atoms with Gasteiger partial charge in [-0.2, -0.15) is 0 Å². The van der Waals surface area contributed by atoms with Gasteiger partial charge < -0.3 is 15.8 Å². The van der Waals surface area contributed by atoms with Crippen LogP contribution in [0.2, 0.25) is 0 Å². The Balaban J connectivity index is 0.000000873. The van der Waals surface area contributed by atoms with E-state index in [1.165, 1.54) is 6.42 Å². The molecule has 0 radical (unpaired) electrons. The van der Waals surface area contributed by atoms with E-state index >= 15 is 0 Å². The van der Waals surface area contributed by atoms with Crippen molar-refractivity contribution in [1.82, 2.24) is 5.32 Å². The highest BCUT2D eigenvalue weighted by Gasteiger charge is 2.07. The van der Waals surface area contributed by atoms with Gasteiger partial charge in [-0.3, -0.25) is 4.79 Å². The summed E-state index contributed by atoms with van der Waals surface area (Å²) in [5.74, 6) is 0.648. The summed E-state index contributed by atoms with van der Waals surface area (Å²) >= 11 is 0. The van der Waals surface area contributed by atoms with Crippen molar-refractivity contribution in [2.24, 2.45) is 5.73 Å². The first kappa shape index (κ1) is 16.4. The summed E-state index contributed by atoms with van der Waals surface area (Å²) in [7, 11) is 1.62. The summed E-state index contributed by atoms with van der Waals surface area (Å²) in [4.78, 5) is 11.1. The van der Waals surface area contributed by atoms with Crippen LogP contribution in [0.3, 0.4) is 0 Å². The maximum absolute atomic E-state index is 11.1. The van der Waals surface area contributed by atoms with Gasteiger partial charge in [0.1, 0.15) is 5.75 Å². The van der Waals surface area contributed by atoms with Gasteiger partial charge in [0.25, 0.3) is 0 Å². The van der Waals surface area contributed by atoms with Crippen LogP contribution >= 0.6 is 0 Å². The second-order valence-electron chi connectivity index (χ2n) is 3.97. The highest BCUT2D eigenvalue weighted by Crippen LogP contribution is 2.16. The molecule has 0 saturated carbocycles. The van der Waals surface area contributed by atoms with Gasteiger partial charge in [0.2, 0.25) is 5.91 Å². The fraction of sp³-hybridized carbons (Fsp3) is 0.500. The lowest BCUT2D eigenvalue weighted by molar-refractivity contribution is -0.120. The molecule has 1 atom stereocenters. The molecule has 0 aliphatic carbocycles. The van der Waals surface area contributed by atoms with Crippen LogP contribution in [0, 0.1) is 0 Å². The van der Waals surface area contributed by atoms with E-state index in [-0.39, 0.29) is 18.5 Å². The molecule has 0 heterocycles. The van der Waals surface area contributed by atoms with Crippen LogP contribution in [0.15, 0.2) is 24.3 Å². The highest BCUT2D eigenvalue weighted by molar-refractivity contribution is 5.78. The van der Waals surface area contributed by atoms with Crippen LogP contribution in [0.5, 0.6) is 5.75 Å². The van der Waals surface area contributed by atoms with Crippen LogP contribution in [0.1, 0.15) is 38.8 Å². The first-order chi connectivity index (χ1) is 8.58. The van der Waals surface area contributed by atoms with Crippen molar-refractivity contribution >= 4 is 5.91 Å². The van der Waals surface area contributed by atoms with Gasteiger partial charge in [-0.05, 0) is 24.6 Å². The summed E-state index contributed by atoms with van der Waals surface area (Å²) in [5, 5.41) is 2.78. The molecule has 0 saturated heterocycles. The highest BCUT2D eigenvalue weighted by atomic mass is 16.5. The van der Waals surface area contributed by atoms with Crippen LogP contribution in [0.4, 0.5) is 0 Å². The Kier molecular flexibility index (Phi) is 8.66. The summed E-state index contributed by atoms with van der Waals surface area (Å²) in [5.41, 5.74) is 6.24. The second-order valence-corrected chi connectivity index (χ2v) is 3.97. The minimum atomic E-state index is -0.154. The van der Waals surface area contributed by atoms with Gasteiger partial charge >= 0.3 is 0 Å². The number of hydrogen-bond donors (Lipinski definition) is 2. The average molecular weight is 252 g/mol. The minimum absolute atomic E-state index is 0.0144. The molecule has 1 amide bonds. The van der Waals surface area contributed by atoms with Gasteiger partial charge in [0.05, 0.1) is 19.7 Å². The number of methoxy groups -OCH3 is 1. The van der Waals surface area contributed by atoms with Crippen molar-refractivity contribution in [2.45, 2.75) is 33.2 Å². The van der Waals surface area contributed by atoms with Gasteiger partial charge in [-0.1, -0.05) is 32.4 Å². The number of carbonyl (C=O) groups excluding carboxylic acids is 1. The largest absolute Gasteiger partial charge is 0.497 e. The SMILES string of the molecule is CCC.COc1ccc(C(C)NC(=O)CN)cc1. The first-order valence-electron chi connectivity index (χ1n) is 6.22. The number of benzene rings is 1. The molecule has 0 fully saturated rings. The first-order valence-corrected chi connectivity index (χ1v) is 6.22. The third-order valence-corrected chi connectivity index (χ3v) is 2.18. The molecule has 0 spiro atoms. The lowest BCUT2D eigenvalue weighted by atomic mass is 10.1. The Labute approximate surface area is 110 Å². The van der Waals surface area contributed by atoms with Crippen LogP contribution in [0.25, 0.3) is 0 Å². The molecule has 1 rings (SSSR count). The van der Waals surface area contributed by atoms with Crippen LogP contribution in [-0.2, 0) is 4.79 Å². The maximum atomic E-state index is 11.1. The number of ether oxygens (including phenoxy) is 1. The van der Waals surface area contributed by atoms with E-state index < -0.39 is 0 Å². The van der Waals surface area contributed by atoms with Gasteiger partial charge in [-0.15, -0.1) is 0 Å². The normalized spacial score (nSPS) is 10.9. The Bertz CT molecular complexity index is 336. The predicted molar refractivity (Wildman–Crippen MR) is 74.6 cm³/mol. The Hall–Kier alpha value is -1.55. The molecule has 18 heavy (non-hydrogen) atoms. The quantitative estimate of drug-likeness (QED) is 0.863. The van der Waals surface area contributed by atoms with Crippen molar-refractivity contribution in [3.05, 3.63) is 29.8 Å². The molecule has 0 bridgehead atoms. The fourth-order valence-corrected chi connectivity index (χ4v) is 1.28. The molecule has 102 valence electrons. The molecule has 4 nitrogen and oxygen atoms in total. The number of hydrogen-bond acceptors (Lipinski definition) is 3. The number of carbonyl (C=O) groups is 1. The monoisotopic (exact) mass is 252 g/mol. The zero-order chi connectivity index (χ0) is 14.0. The number of rotatable bonds is 4. The summed E-state index contributed by atoms with van der Waals surface area (Å²) in [6.07, 6.45) is 1.25. The van der Waals surface area contributed by atoms with Gasteiger partial charge in [-0.25, -0.2) is 0 Å². The van der Waals surface area contributed by atoms with E-state index in [9.17, 15) is 4.79 Å². The number of amides is 1. The lowest BCUT2D eigenvalue weighted by Crippen LogP contribution is -2.32. The number of nitrogens with two attached hydrogens (primary N) is 1. The number of nitrogens with one attached hydrogen (secondary N) is 1. The zero-order valence-electron chi connectivity index (χ0n) is 11.7. The molecular weight excluding hydrogens is 228 g/mol. The Morgan fingerprint density at radius 3 is 2.22 bits per heavy atom. The summed E-state index contributed by atoms with van der Waals surface area (Å²) < 4.78 is 5.04. The second kappa shape index (κ2) is 9.48.